The summed E-state index contributed by atoms with van der Waals surface area (Å²) in [5.74, 6) is 0.199. The Kier molecular flexibility index (Phi) is 5.63. The molecule has 3 aromatic rings. The number of anilines is 1. The van der Waals surface area contributed by atoms with Crippen molar-refractivity contribution >= 4 is 27.9 Å². The van der Waals surface area contributed by atoms with Gasteiger partial charge in [0.1, 0.15) is 6.33 Å². The van der Waals surface area contributed by atoms with Crippen molar-refractivity contribution in [3.05, 3.63) is 40.6 Å². The van der Waals surface area contributed by atoms with Gasteiger partial charge >= 0.3 is 0 Å². The second kappa shape index (κ2) is 8.32. The lowest BCUT2D eigenvalue weighted by Gasteiger charge is -2.35. The van der Waals surface area contributed by atoms with E-state index in [0.29, 0.717) is 10.9 Å². The fraction of sp³-hybridized carbons (Fsp3) is 0.421. The van der Waals surface area contributed by atoms with E-state index in [4.69, 9.17) is 4.74 Å². The van der Waals surface area contributed by atoms with E-state index in [9.17, 15) is 8.78 Å². The van der Waals surface area contributed by atoms with Crippen LogP contribution >= 0.6 is 11.3 Å². The molecule has 1 aliphatic rings. The SMILES string of the molecule is Cc1nc(CN2CCN(c3ccc4ncnc(OCC(F)F)c4c3)CC2)cs1. The topological polar surface area (TPSA) is 54.4 Å². The van der Waals surface area contributed by atoms with Gasteiger partial charge in [-0.25, -0.2) is 23.7 Å². The first-order valence-corrected chi connectivity index (χ1v) is 10.0. The fourth-order valence-corrected chi connectivity index (χ4v) is 3.95. The first kappa shape index (κ1) is 18.9. The highest BCUT2D eigenvalue weighted by Crippen LogP contribution is 2.27. The van der Waals surface area contributed by atoms with E-state index in [-0.39, 0.29) is 5.88 Å². The van der Waals surface area contributed by atoms with Gasteiger partial charge < -0.3 is 9.64 Å². The third kappa shape index (κ3) is 4.36. The Balaban J connectivity index is 1.45. The molecule has 0 atom stereocenters. The number of hydrogen-bond acceptors (Lipinski definition) is 7. The van der Waals surface area contributed by atoms with Crippen molar-refractivity contribution < 1.29 is 13.5 Å². The van der Waals surface area contributed by atoms with Crippen LogP contribution in [0.5, 0.6) is 5.88 Å². The van der Waals surface area contributed by atoms with Crippen LogP contribution in [0, 0.1) is 6.92 Å². The van der Waals surface area contributed by atoms with Gasteiger partial charge in [-0.3, -0.25) is 4.90 Å². The molecule has 0 aliphatic carbocycles. The first-order chi connectivity index (χ1) is 13.6. The summed E-state index contributed by atoms with van der Waals surface area (Å²) in [7, 11) is 0. The van der Waals surface area contributed by atoms with Crippen LogP contribution in [-0.2, 0) is 6.54 Å². The van der Waals surface area contributed by atoms with Gasteiger partial charge in [0, 0.05) is 43.8 Å². The van der Waals surface area contributed by atoms with E-state index >= 15 is 0 Å². The van der Waals surface area contributed by atoms with Crippen LogP contribution in [0.2, 0.25) is 0 Å². The molecule has 28 heavy (non-hydrogen) atoms. The number of piperazine rings is 1. The van der Waals surface area contributed by atoms with E-state index in [1.807, 2.05) is 25.1 Å². The van der Waals surface area contributed by atoms with Crippen LogP contribution in [0.3, 0.4) is 0 Å². The van der Waals surface area contributed by atoms with Crippen LogP contribution in [0.25, 0.3) is 10.9 Å². The molecule has 9 heteroatoms. The summed E-state index contributed by atoms with van der Waals surface area (Å²) in [6.45, 7) is 5.86. The van der Waals surface area contributed by atoms with Crippen LogP contribution in [0.15, 0.2) is 29.9 Å². The number of aryl methyl sites for hydroxylation is 1. The number of rotatable bonds is 6. The van der Waals surface area contributed by atoms with E-state index < -0.39 is 13.0 Å². The van der Waals surface area contributed by atoms with Gasteiger partial charge in [0.25, 0.3) is 6.43 Å². The predicted molar refractivity (Wildman–Crippen MR) is 105 cm³/mol. The van der Waals surface area contributed by atoms with Gasteiger partial charge in [-0.1, -0.05) is 0 Å². The summed E-state index contributed by atoms with van der Waals surface area (Å²) in [6.07, 6.45) is -1.20. The molecule has 0 spiro atoms. The molecule has 0 saturated carbocycles. The zero-order valence-electron chi connectivity index (χ0n) is 15.5. The molecule has 1 saturated heterocycles. The summed E-state index contributed by atoms with van der Waals surface area (Å²) in [5, 5.41) is 3.87. The smallest absolute Gasteiger partial charge is 0.272 e. The highest BCUT2D eigenvalue weighted by Gasteiger charge is 2.19. The Morgan fingerprint density at radius 3 is 2.71 bits per heavy atom. The summed E-state index contributed by atoms with van der Waals surface area (Å²) in [5.41, 5.74) is 2.83. The average Bonchev–Trinajstić information content (AvgIpc) is 3.11. The molecular weight excluding hydrogens is 384 g/mol. The number of alkyl halides is 2. The molecule has 148 valence electrons. The zero-order chi connectivity index (χ0) is 19.5. The zero-order valence-corrected chi connectivity index (χ0v) is 16.3. The molecule has 0 unspecified atom stereocenters. The van der Waals surface area contributed by atoms with Gasteiger partial charge in [-0.05, 0) is 25.1 Å². The predicted octanol–water partition coefficient (Wildman–Crippen LogP) is 3.36. The Bertz CT molecular complexity index is 943. The van der Waals surface area contributed by atoms with Crippen LogP contribution < -0.4 is 9.64 Å². The van der Waals surface area contributed by atoms with E-state index in [1.54, 1.807) is 11.3 Å². The maximum Gasteiger partial charge on any atom is 0.272 e. The molecule has 1 aliphatic heterocycles. The van der Waals surface area contributed by atoms with E-state index in [1.165, 1.54) is 6.33 Å². The Labute approximate surface area is 165 Å². The largest absolute Gasteiger partial charge is 0.471 e. The number of fused-ring (bicyclic) bond motifs is 1. The van der Waals surface area contributed by atoms with Crippen molar-refractivity contribution in [1.82, 2.24) is 19.9 Å². The second-order valence-corrected chi connectivity index (χ2v) is 7.77. The molecule has 0 bridgehead atoms. The number of benzene rings is 1. The average molecular weight is 405 g/mol. The summed E-state index contributed by atoms with van der Waals surface area (Å²) in [4.78, 5) is 17.4. The minimum Gasteiger partial charge on any atom is -0.471 e. The van der Waals surface area contributed by atoms with Gasteiger partial charge in [0.05, 0.1) is 21.6 Å². The molecular formula is C19H21F2N5OS. The molecule has 1 aromatic carbocycles. The number of aromatic nitrogens is 3. The number of nitrogens with zero attached hydrogens (tertiary/aromatic N) is 5. The molecule has 0 N–H and O–H groups in total. The van der Waals surface area contributed by atoms with Crippen molar-refractivity contribution in [3.63, 3.8) is 0 Å². The maximum atomic E-state index is 12.5. The lowest BCUT2D eigenvalue weighted by molar-refractivity contribution is 0.0804. The molecule has 0 amide bonds. The summed E-state index contributed by atoms with van der Waals surface area (Å²) >= 11 is 1.68. The van der Waals surface area contributed by atoms with Crippen molar-refractivity contribution in [3.8, 4) is 5.88 Å². The number of thiazole rings is 1. The number of hydrogen-bond donors (Lipinski definition) is 0. The third-order valence-electron chi connectivity index (χ3n) is 4.72. The maximum absolute atomic E-state index is 12.5. The van der Waals surface area contributed by atoms with E-state index in [0.717, 1.165) is 49.1 Å². The fourth-order valence-electron chi connectivity index (χ4n) is 3.35. The minimum absolute atomic E-state index is 0.199. The molecule has 6 nitrogen and oxygen atoms in total. The molecule has 0 radical (unpaired) electrons. The summed E-state index contributed by atoms with van der Waals surface area (Å²) in [6, 6.07) is 5.81. The normalized spacial score (nSPS) is 15.5. The third-order valence-corrected chi connectivity index (χ3v) is 5.54. The van der Waals surface area contributed by atoms with Crippen LogP contribution in [0.4, 0.5) is 14.5 Å². The first-order valence-electron chi connectivity index (χ1n) is 9.12. The highest BCUT2D eigenvalue weighted by atomic mass is 32.1. The quantitative estimate of drug-likeness (QED) is 0.627. The van der Waals surface area contributed by atoms with E-state index in [2.05, 4.69) is 30.1 Å². The monoisotopic (exact) mass is 405 g/mol. The lowest BCUT2D eigenvalue weighted by atomic mass is 10.2. The number of halogens is 2. The number of ether oxygens (including phenoxy) is 1. The molecule has 1 fully saturated rings. The molecule has 2 aromatic heterocycles. The lowest BCUT2D eigenvalue weighted by Crippen LogP contribution is -2.46. The van der Waals surface area contributed by atoms with Gasteiger partial charge in [0.15, 0.2) is 6.61 Å². The highest BCUT2D eigenvalue weighted by molar-refractivity contribution is 7.09. The van der Waals surface area contributed by atoms with Gasteiger partial charge in [0.2, 0.25) is 5.88 Å². The van der Waals surface area contributed by atoms with Crippen LogP contribution in [0.1, 0.15) is 10.7 Å². The Hall–Kier alpha value is -2.39. The van der Waals surface area contributed by atoms with Crippen LogP contribution in [-0.4, -0.2) is 59.1 Å². The summed E-state index contributed by atoms with van der Waals surface area (Å²) < 4.78 is 30.2. The van der Waals surface area contributed by atoms with Crippen molar-refractivity contribution in [2.24, 2.45) is 0 Å². The molecule has 3 heterocycles. The van der Waals surface area contributed by atoms with Gasteiger partial charge in [-0.15, -0.1) is 11.3 Å². The standard InChI is InChI=1S/C19H21F2N5OS/c1-13-24-14(11-28-13)9-25-4-6-26(7-5-25)15-2-3-17-16(8-15)19(23-12-22-17)27-10-18(20)21/h2-3,8,11-12,18H,4-7,9-10H2,1H3. The van der Waals surface area contributed by atoms with Gasteiger partial charge in [-0.2, -0.15) is 0 Å². The minimum atomic E-state index is -2.54. The van der Waals surface area contributed by atoms with Crippen molar-refractivity contribution in [1.29, 1.82) is 0 Å². The second-order valence-electron chi connectivity index (χ2n) is 6.70. The Morgan fingerprint density at radius 1 is 1.18 bits per heavy atom. The Morgan fingerprint density at radius 2 is 2.00 bits per heavy atom. The van der Waals surface area contributed by atoms with Crippen molar-refractivity contribution in [2.75, 3.05) is 37.7 Å². The van der Waals surface area contributed by atoms with Crippen molar-refractivity contribution in [2.45, 2.75) is 19.9 Å². The molecule has 4 rings (SSSR count).